The summed E-state index contributed by atoms with van der Waals surface area (Å²) in [5.41, 5.74) is 0. The Morgan fingerprint density at radius 3 is 1.00 bits per heavy atom. The summed E-state index contributed by atoms with van der Waals surface area (Å²) < 4.78 is 124. The average Bonchev–Trinajstić information content (AvgIpc) is 2.26. The van der Waals surface area contributed by atoms with Crippen LogP contribution in [-0.4, -0.2) is 44.2 Å². The maximum Gasteiger partial charge on any atom is 0.447 e. The first-order valence-corrected chi connectivity index (χ1v) is 4.86. The van der Waals surface area contributed by atoms with Crippen LogP contribution in [0.15, 0.2) is 0 Å². The molecule has 0 heterocycles. The average molecular weight is 342 g/mol. The van der Waals surface area contributed by atoms with Gasteiger partial charge in [-0.1, -0.05) is 0 Å². The van der Waals surface area contributed by atoms with Crippen molar-refractivity contribution in [1.29, 1.82) is 0 Å². The molecular formula is C9H12F10O2. The summed E-state index contributed by atoms with van der Waals surface area (Å²) in [5, 5.41) is 0. The molecule has 0 aliphatic carbocycles. The molecule has 0 spiro atoms. The number of methoxy groups -OCH3 is 2. The second kappa shape index (κ2) is 6.55. The summed E-state index contributed by atoms with van der Waals surface area (Å²) in [6.45, 7) is 0.00688. The van der Waals surface area contributed by atoms with Gasteiger partial charge in [0.05, 0.1) is 0 Å². The minimum absolute atomic E-state index is 0.222. The van der Waals surface area contributed by atoms with E-state index in [1.54, 1.807) is 0 Å². The molecule has 0 bridgehead atoms. The van der Waals surface area contributed by atoms with Crippen LogP contribution in [0, 0.1) is 0 Å². The summed E-state index contributed by atoms with van der Waals surface area (Å²) in [6.07, 6.45) is -10.1. The normalized spacial score (nSPS) is 16.9. The van der Waals surface area contributed by atoms with Crippen molar-refractivity contribution in [2.24, 2.45) is 0 Å². The topological polar surface area (TPSA) is 18.5 Å². The van der Waals surface area contributed by atoms with Crippen molar-refractivity contribution in [2.45, 2.75) is 43.8 Å². The van der Waals surface area contributed by atoms with E-state index in [0.29, 0.717) is 14.0 Å². The van der Waals surface area contributed by atoms with Crippen LogP contribution in [0.1, 0.15) is 13.8 Å². The third-order valence-corrected chi connectivity index (χ3v) is 2.06. The number of hydrogen-bond acceptors (Lipinski definition) is 2. The molecule has 130 valence electrons. The lowest BCUT2D eigenvalue weighted by Gasteiger charge is -2.28. The fourth-order valence-electron chi connectivity index (χ4n) is 0.499. The van der Waals surface area contributed by atoms with E-state index in [9.17, 15) is 43.9 Å². The Labute approximate surface area is 113 Å². The highest BCUT2D eigenvalue weighted by Gasteiger charge is 2.70. The SMILES string of the molecule is COC(C)(F)C(F)(F)F.COC(F)(F)C(F)(F)C(C)(F)F. The third-order valence-electron chi connectivity index (χ3n) is 2.06. The number of rotatable bonds is 4. The first-order valence-electron chi connectivity index (χ1n) is 4.86. The van der Waals surface area contributed by atoms with Gasteiger partial charge in [0, 0.05) is 28.1 Å². The first-order chi connectivity index (χ1) is 8.87. The van der Waals surface area contributed by atoms with Crippen molar-refractivity contribution in [3.05, 3.63) is 0 Å². The zero-order valence-electron chi connectivity index (χ0n) is 11.1. The van der Waals surface area contributed by atoms with Gasteiger partial charge in [-0.05, 0) is 0 Å². The molecule has 0 saturated heterocycles. The van der Waals surface area contributed by atoms with Crippen molar-refractivity contribution in [3.8, 4) is 0 Å². The van der Waals surface area contributed by atoms with Crippen LogP contribution in [0.25, 0.3) is 0 Å². The molecule has 21 heavy (non-hydrogen) atoms. The van der Waals surface area contributed by atoms with Gasteiger partial charge in [0.2, 0.25) is 0 Å². The fraction of sp³-hybridized carbons (Fsp3) is 1.00. The zero-order chi connectivity index (χ0) is 17.9. The Kier molecular flexibility index (Phi) is 7.01. The molecule has 0 aliphatic rings. The minimum atomic E-state index is -5.51. The summed E-state index contributed by atoms with van der Waals surface area (Å²) >= 11 is 0. The van der Waals surface area contributed by atoms with Crippen LogP contribution in [0.5, 0.6) is 0 Å². The van der Waals surface area contributed by atoms with E-state index in [4.69, 9.17) is 0 Å². The third kappa shape index (κ3) is 5.49. The molecule has 12 heteroatoms. The molecule has 1 atom stereocenters. The van der Waals surface area contributed by atoms with Crippen molar-refractivity contribution in [1.82, 2.24) is 0 Å². The molecule has 0 saturated carbocycles. The number of ether oxygens (including phenoxy) is 2. The van der Waals surface area contributed by atoms with E-state index in [1.165, 1.54) is 0 Å². The molecule has 0 aromatic rings. The van der Waals surface area contributed by atoms with Gasteiger partial charge in [-0.3, -0.25) is 0 Å². The second-order valence-corrected chi connectivity index (χ2v) is 3.80. The standard InChI is InChI=1S/C5H6F6O.C4H6F4O/c1-3(6,7)4(8,9)5(10,11)12-2;1-3(5,9-2)4(6,7)8/h1-2H3;1-2H3. The Morgan fingerprint density at radius 1 is 0.619 bits per heavy atom. The first kappa shape index (κ1) is 22.5. The van der Waals surface area contributed by atoms with Gasteiger partial charge in [0.1, 0.15) is 0 Å². The molecule has 0 rings (SSSR count). The summed E-state index contributed by atoms with van der Waals surface area (Å²) in [7, 11) is 0.882. The van der Waals surface area contributed by atoms with Gasteiger partial charge in [-0.2, -0.15) is 39.5 Å². The molecule has 0 radical (unpaired) electrons. The molecule has 0 aromatic carbocycles. The molecule has 0 amide bonds. The molecule has 0 aromatic heterocycles. The van der Waals surface area contributed by atoms with E-state index >= 15 is 0 Å². The van der Waals surface area contributed by atoms with Gasteiger partial charge in [0.25, 0.3) is 0 Å². The molecule has 0 N–H and O–H groups in total. The van der Waals surface area contributed by atoms with E-state index < -0.39 is 30.0 Å². The second-order valence-electron chi connectivity index (χ2n) is 3.80. The summed E-state index contributed by atoms with van der Waals surface area (Å²) in [4.78, 5) is 0. The monoisotopic (exact) mass is 342 g/mol. The molecule has 0 aliphatic heterocycles. The Balaban J connectivity index is 0. The van der Waals surface area contributed by atoms with Gasteiger partial charge < -0.3 is 9.47 Å². The van der Waals surface area contributed by atoms with Crippen molar-refractivity contribution in [3.63, 3.8) is 0 Å². The molecular weight excluding hydrogens is 330 g/mol. The van der Waals surface area contributed by atoms with Crippen LogP contribution >= 0.6 is 0 Å². The lowest BCUT2D eigenvalue weighted by molar-refractivity contribution is -0.388. The van der Waals surface area contributed by atoms with E-state index in [0.717, 1.165) is 0 Å². The Morgan fingerprint density at radius 2 is 0.952 bits per heavy atom. The van der Waals surface area contributed by atoms with Gasteiger partial charge in [-0.15, -0.1) is 0 Å². The largest absolute Gasteiger partial charge is 0.447 e. The highest BCUT2D eigenvalue weighted by atomic mass is 19.4. The summed E-state index contributed by atoms with van der Waals surface area (Å²) in [5.74, 6) is -13.9. The van der Waals surface area contributed by atoms with E-state index in [1.807, 2.05) is 0 Å². The highest BCUT2D eigenvalue weighted by Crippen LogP contribution is 2.45. The number of hydrogen-bond donors (Lipinski definition) is 0. The maximum absolute atomic E-state index is 12.1. The lowest BCUT2D eigenvalue weighted by Crippen LogP contribution is -2.53. The van der Waals surface area contributed by atoms with Crippen LogP contribution in [0.2, 0.25) is 0 Å². The van der Waals surface area contributed by atoms with Gasteiger partial charge in [0.15, 0.2) is 0 Å². The predicted molar refractivity (Wildman–Crippen MR) is 50.1 cm³/mol. The molecule has 2 nitrogen and oxygen atoms in total. The van der Waals surface area contributed by atoms with Crippen molar-refractivity contribution >= 4 is 0 Å². The predicted octanol–water partition coefficient (Wildman–Crippen LogP) is 4.40. The summed E-state index contributed by atoms with van der Waals surface area (Å²) in [6, 6.07) is 0. The maximum atomic E-state index is 12.1. The quantitative estimate of drug-likeness (QED) is 0.705. The number of halogens is 10. The highest BCUT2D eigenvalue weighted by molar-refractivity contribution is 4.88. The van der Waals surface area contributed by atoms with Crippen LogP contribution in [0.4, 0.5) is 43.9 Å². The smallest absolute Gasteiger partial charge is 0.342 e. The van der Waals surface area contributed by atoms with Crippen molar-refractivity contribution in [2.75, 3.05) is 14.2 Å². The van der Waals surface area contributed by atoms with Crippen LogP contribution < -0.4 is 0 Å². The van der Waals surface area contributed by atoms with Crippen LogP contribution in [0.3, 0.4) is 0 Å². The Hall–Kier alpha value is -0.780. The number of alkyl halides is 10. The van der Waals surface area contributed by atoms with E-state index in [-0.39, 0.29) is 14.0 Å². The van der Waals surface area contributed by atoms with Gasteiger partial charge in [-0.25, -0.2) is 4.39 Å². The fourth-order valence-corrected chi connectivity index (χ4v) is 0.499. The Bertz CT molecular complexity index is 317. The zero-order valence-corrected chi connectivity index (χ0v) is 11.1. The van der Waals surface area contributed by atoms with Gasteiger partial charge >= 0.3 is 30.0 Å². The lowest BCUT2D eigenvalue weighted by atomic mass is 10.2. The molecule has 0 fully saturated rings. The molecule has 1 unspecified atom stereocenters. The van der Waals surface area contributed by atoms with E-state index in [2.05, 4.69) is 9.47 Å². The van der Waals surface area contributed by atoms with Crippen molar-refractivity contribution < 1.29 is 53.4 Å². The minimum Gasteiger partial charge on any atom is -0.342 e. The van der Waals surface area contributed by atoms with Crippen LogP contribution in [-0.2, 0) is 9.47 Å².